The number of phosphoric acid groups is 1. The second kappa shape index (κ2) is 64.9. The van der Waals surface area contributed by atoms with Gasteiger partial charge in [-0.15, -0.1) is 0 Å². The Hall–Kier alpha value is -3.07. The number of nitrogens with one attached hydrogen (secondary N) is 1. The number of allylic oxidation sites excluding steroid dienone is 15. The smallest absolute Gasteiger partial charge is 0.456 e. The predicted molar refractivity (Wildman–Crippen MR) is 374 cm³/mol. The molecule has 9 nitrogen and oxygen atoms in total. The second-order valence-corrected chi connectivity index (χ2v) is 26.8. The summed E-state index contributed by atoms with van der Waals surface area (Å²) in [6.45, 7) is 6.90. The highest BCUT2D eigenvalue weighted by Gasteiger charge is 2.30. The first-order chi connectivity index (χ1) is 41.9. The predicted octanol–water partition coefficient (Wildman–Crippen LogP) is 23.1. The van der Waals surface area contributed by atoms with Gasteiger partial charge in [-0.1, -0.05) is 298 Å². The zero-order valence-corrected chi connectivity index (χ0v) is 57.9. The molecule has 0 bridgehead atoms. The fourth-order valence-electron chi connectivity index (χ4n) is 10.2. The van der Waals surface area contributed by atoms with Crippen LogP contribution in [-0.2, 0) is 27.9 Å². The number of carbonyl (C=O) groups excluding carboxylic acids is 2. The Bertz CT molecular complexity index is 1790. The van der Waals surface area contributed by atoms with Gasteiger partial charge < -0.3 is 19.4 Å². The van der Waals surface area contributed by atoms with Crippen molar-refractivity contribution in [1.29, 1.82) is 0 Å². The van der Waals surface area contributed by atoms with Crippen LogP contribution in [0.1, 0.15) is 323 Å². The van der Waals surface area contributed by atoms with E-state index in [0.29, 0.717) is 17.4 Å². The number of likely N-dealkylation sites (N-methyl/N-ethyl adjacent to an activating group) is 1. The zero-order valence-electron chi connectivity index (χ0n) is 57.0. The molecule has 3 unspecified atom stereocenters. The molecule has 2 N–H and O–H groups in total. The van der Waals surface area contributed by atoms with Gasteiger partial charge in [0.15, 0.2) is 0 Å². The molecule has 0 aliphatic heterocycles. The number of carbonyl (C=O) groups is 2. The average molecular weight is 1220 g/mol. The van der Waals surface area contributed by atoms with Gasteiger partial charge >= 0.3 is 13.8 Å². The van der Waals surface area contributed by atoms with Gasteiger partial charge in [-0.25, -0.2) is 4.57 Å². The van der Waals surface area contributed by atoms with E-state index in [0.717, 1.165) is 96.3 Å². The minimum Gasteiger partial charge on any atom is -0.456 e. The summed E-state index contributed by atoms with van der Waals surface area (Å²) < 4.78 is 30.8. The molecule has 0 radical (unpaired) electrons. The van der Waals surface area contributed by atoms with Gasteiger partial charge in [0.2, 0.25) is 5.91 Å². The van der Waals surface area contributed by atoms with E-state index in [2.05, 4.69) is 111 Å². The lowest BCUT2D eigenvalue weighted by Gasteiger charge is -2.27. The van der Waals surface area contributed by atoms with Crippen molar-refractivity contribution >= 4 is 19.7 Å². The molecular weight excluding hydrogens is 1080 g/mol. The maximum absolute atomic E-state index is 13.6. The number of rotatable bonds is 65. The van der Waals surface area contributed by atoms with Gasteiger partial charge in [0, 0.05) is 12.8 Å². The molecule has 0 aromatic rings. The first-order valence-corrected chi connectivity index (χ1v) is 37.6. The van der Waals surface area contributed by atoms with Gasteiger partial charge in [0.05, 0.1) is 33.8 Å². The Labute approximate surface area is 532 Å². The zero-order chi connectivity index (χ0) is 62.8. The van der Waals surface area contributed by atoms with E-state index in [4.69, 9.17) is 13.8 Å². The summed E-state index contributed by atoms with van der Waals surface area (Å²) in [5.41, 5.74) is 0. The average Bonchev–Trinajstić information content (AvgIpc) is 3.67. The molecule has 0 aliphatic carbocycles. The molecule has 0 rings (SSSR count). The number of hydrogen-bond acceptors (Lipinski definition) is 6. The van der Waals surface area contributed by atoms with E-state index in [1.165, 1.54) is 193 Å². The maximum Gasteiger partial charge on any atom is 0.472 e. The number of amides is 1. The Balaban J connectivity index is 5.05. The number of nitrogens with zero attached hydrogens (tertiary/aromatic N) is 1. The van der Waals surface area contributed by atoms with Crippen molar-refractivity contribution in [1.82, 2.24) is 5.32 Å². The number of hydrogen-bond donors (Lipinski definition) is 2. The van der Waals surface area contributed by atoms with Crippen LogP contribution in [0.25, 0.3) is 0 Å². The number of esters is 1. The second-order valence-electron chi connectivity index (χ2n) is 25.4. The van der Waals surface area contributed by atoms with Crippen LogP contribution in [0.3, 0.4) is 0 Å². The van der Waals surface area contributed by atoms with Crippen LogP contribution in [0.15, 0.2) is 97.2 Å². The Morgan fingerprint density at radius 3 is 1.14 bits per heavy atom. The molecule has 0 aromatic heterocycles. The van der Waals surface area contributed by atoms with Gasteiger partial charge in [-0.05, 0) is 109 Å². The van der Waals surface area contributed by atoms with Gasteiger partial charge in [-0.2, -0.15) is 0 Å². The molecule has 0 saturated heterocycles. The van der Waals surface area contributed by atoms with E-state index in [1.807, 2.05) is 33.3 Å². The molecule has 0 heterocycles. The number of quaternary nitrogens is 1. The quantitative estimate of drug-likeness (QED) is 0.0205. The summed E-state index contributed by atoms with van der Waals surface area (Å²) in [5.74, 6) is -0.505. The van der Waals surface area contributed by atoms with Gasteiger partial charge in [-0.3, -0.25) is 18.6 Å². The van der Waals surface area contributed by atoms with Crippen LogP contribution in [0.4, 0.5) is 0 Å². The first kappa shape index (κ1) is 82.9. The fraction of sp³-hybridized carbons (Fsp3) is 0.763. The third-order valence-corrected chi connectivity index (χ3v) is 16.7. The van der Waals surface area contributed by atoms with Crippen molar-refractivity contribution in [2.75, 3.05) is 40.9 Å². The normalized spacial score (nSPS) is 14.1. The van der Waals surface area contributed by atoms with E-state index in [-0.39, 0.29) is 31.5 Å². The molecule has 3 atom stereocenters. The lowest BCUT2D eigenvalue weighted by atomic mass is 10.0. The minimum absolute atomic E-state index is 0.0364. The first-order valence-electron chi connectivity index (χ1n) is 36.1. The van der Waals surface area contributed by atoms with Crippen LogP contribution in [0.2, 0.25) is 0 Å². The lowest BCUT2D eigenvalue weighted by molar-refractivity contribution is -0.870. The number of ether oxygens (including phenoxy) is 1. The van der Waals surface area contributed by atoms with E-state index >= 15 is 0 Å². The van der Waals surface area contributed by atoms with Crippen LogP contribution < -0.4 is 5.32 Å². The number of unbranched alkanes of at least 4 members (excludes halogenated alkanes) is 35. The SMILES string of the molecule is CC/C=C\C/C=C\C/C=C\C/C=C\C/C=C\CCCCCCCCCCCCCC(=O)NC(COP(=O)(O)OCC[N+](C)(C)C)C(/C=C\CCCCCCCCCCCC)OC(=O)CCCCCCCCCCCCC/C=C\C/C=C\CCCCC. The van der Waals surface area contributed by atoms with Crippen molar-refractivity contribution in [2.45, 2.75) is 335 Å². The molecular formula is C76H138N2O7P+. The molecule has 498 valence electrons. The van der Waals surface area contributed by atoms with Crippen molar-refractivity contribution in [3.63, 3.8) is 0 Å². The Morgan fingerprint density at radius 2 is 0.744 bits per heavy atom. The van der Waals surface area contributed by atoms with E-state index in [9.17, 15) is 19.0 Å². The van der Waals surface area contributed by atoms with Crippen LogP contribution in [-0.4, -0.2) is 74.3 Å². The van der Waals surface area contributed by atoms with Crippen LogP contribution in [0.5, 0.6) is 0 Å². The summed E-state index contributed by atoms with van der Waals surface area (Å²) in [6.07, 6.45) is 88.4. The molecule has 0 spiro atoms. The standard InChI is InChI=1S/C76H137N2O7P/c1-7-10-13-16-19-22-25-28-30-32-34-36-37-38-39-40-41-43-44-46-48-50-53-56-59-62-65-68-75(79)77-73(72-84-86(81,82)83-71-70-78(4,5)6)74(67-64-61-58-55-52-27-24-21-18-15-12-9-3)85-76(80)69-66-63-60-57-54-51-49-47-45-42-35-33-31-29-26-23-20-17-14-11-8-2/h10,13,19-20,22-23,28-31,34,36,38-39,64,67,73-74H,7-9,11-12,14-18,21,24-27,32-33,35,37,40-63,65-66,68-72H2,1-6H3,(H-,77,79,81,82)/p+1/b13-10-,22-19-,23-20-,30-28-,31-29-,36-34-,39-38-,67-64-. The highest BCUT2D eigenvalue weighted by molar-refractivity contribution is 7.47. The summed E-state index contributed by atoms with van der Waals surface area (Å²) in [7, 11) is 1.49. The summed E-state index contributed by atoms with van der Waals surface area (Å²) in [6, 6.07) is -0.856. The van der Waals surface area contributed by atoms with E-state index in [1.54, 1.807) is 0 Å². The van der Waals surface area contributed by atoms with Crippen molar-refractivity contribution < 1.29 is 37.3 Å². The van der Waals surface area contributed by atoms with E-state index < -0.39 is 20.0 Å². The van der Waals surface area contributed by atoms with Crippen molar-refractivity contribution in [3.05, 3.63) is 97.2 Å². The van der Waals surface area contributed by atoms with Gasteiger partial charge in [0.25, 0.3) is 0 Å². The fourth-order valence-corrected chi connectivity index (χ4v) is 11.0. The molecule has 0 fully saturated rings. The third kappa shape index (κ3) is 65.4. The monoisotopic (exact) mass is 1220 g/mol. The topological polar surface area (TPSA) is 111 Å². The highest BCUT2D eigenvalue weighted by atomic mass is 31.2. The Morgan fingerprint density at radius 1 is 0.419 bits per heavy atom. The van der Waals surface area contributed by atoms with Crippen LogP contribution >= 0.6 is 7.82 Å². The molecule has 1 amide bonds. The molecule has 0 aliphatic rings. The molecule has 10 heteroatoms. The van der Waals surface area contributed by atoms with Crippen molar-refractivity contribution in [3.8, 4) is 0 Å². The minimum atomic E-state index is -4.46. The van der Waals surface area contributed by atoms with Crippen molar-refractivity contribution in [2.24, 2.45) is 0 Å². The molecule has 0 aromatic carbocycles. The third-order valence-electron chi connectivity index (χ3n) is 15.8. The Kier molecular flexibility index (Phi) is 62.6. The summed E-state index contributed by atoms with van der Waals surface area (Å²) >= 11 is 0. The summed E-state index contributed by atoms with van der Waals surface area (Å²) in [5, 5.41) is 3.07. The molecule has 86 heavy (non-hydrogen) atoms. The molecule has 0 saturated carbocycles. The highest BCUT2D eigenvalue weighted by Crippen LogP contribution is 2.43. The van der Waals surface area contributed by atoms with Gasteiger partial charge in [0.1, 0.15) is 19.3 Å². The number of phosphoric ester groups is 1. The maximum atomic E-state index is 13.6. The summed E-state index contributed by atoms with van der Waals surface area (Å²) in [4.78, 5) is 37.9. The lowest BCUT2D eigenvalue weighted by Crippen LogP contribution is -2.47. The largest absolute Gasteiger partial charge is 0.472 e. The van der Waals surface area contributed by atoms with Crippen LogP contribution in [0, 0.1) is 0 Å².